The maximum absolute atomic E-state index is 12.4. The molecule has 5 rings (SSSR count). The number of benzene rings is 2. The number of nitrogens with zero attached hydrogens (tertiary/aromatic N) is 2. The van der Waals surface area contributed by atoms with Gasteiger partial charge >= 0.3 is 0 Å². The summed E-state index contributed by atoms with van der Waals surface area (Å²) in [5.41, 5.74) is 3.83. The molecule has 2 aromatic heterocycles. The lowest BCUT2D eigenvalue weighted by Crippen LogP contribution is -2.54. The Kier molecular flexibility index (Phi) is 5.48. The Morgan fingerprint density at radius 2 is 1.79 bits per heavy atom. The number of piperazine rings is 1. The van der Waals surface area contributed by atoms with Crippen molar-refractivity contribution in [3.05, 3.63) is 77.0 Å². The minimum atomic E-state index is -0.345. The molecular weight excluding hydrogens is 416 g/mol. The number of hydrogen-bond donors (Lipinski definition) is 3. The van der Waals surface area contributed by atoms with E-state index in [-0.39, 0.29) is 11.4 Å². The molecule has 0 radical (unpaired) electrons. The average molecular weight is 443 g/mol. The summed E-state index contributed by atoms with van der Waals surface area (Å²) in [6.07, 6.45) is 4.84. The van der Waals surface area contributed by atoms with Gasteiger partial charge in [-0.1, -0.05) is 6.07 Å². The third-order valence-corrected chi connectivity index (χ3v) is 6.01. The van der Waals surface area contributed by atoms with Crippen LogP contribution in [0.15, 0.2) is 75.3 Å². The van der Waals surface area contributed by atoms with Gasteiger partial charge in [-0.2, -0.15) is 0 Å². The number of H-pyrrole nitrogens is 1. The second-order valence-electron chi connectivity index (χ2n) is 8.64. The van der Waals surface area contributed by atoms with Crippen molar-refractivity contribution in [1.82, 2.24) is 10.3 Å². The number of fused-ring (bicyclic) bond motifs is 1. The highest BCUT2D eigenvalue weighted by Crippen LogP contribution is 2.28. The van der Waals surface area contributed by atoms with Gasteiger partial charge in [-0.25, -0.2) is 0 Å². The van der Waals surface area contributed by atoms with E-state index in [1.807, 2.05) is 30.3 Å². The monoisotopic (exact) mass is 442 g/mol. The van der Waals surface area contributed by atoms with Crippen LogP contribution in [0.2, 0.25) is 0 Å². The summed E-state index contributed by atoms with van der Waals surface area (Å²) in [6, 6.07) is 16.3. The summed E-state index contributed by atoms with van der Waals surface area (Å²) in [5, 5.41) is 15.1. The van der Waals surface area contributed by atoms with Crippen molar-refractivity contribution in [2.75, 3.05) is 18.0 Å². The molecule has 0 saturated carbocycles. The van der Waals surface area contributed by atoms with Gasteiger partial charge in [0.05, 0.1) is 23.8 Å². The van der Waals surface area contributed by atoms with Crippen LogP contribution >= 0.6 is 0 Å². The fraction of sp³-hybridized carbons (Fsp3) is 0.231. The van der Waals surface area contributed by atoms with Crippen molar-refractivity contribution >= 4 is 28.4 Å². The van der Waals surface area contributed by atoms with Gasteiger partial charge in [0.25, 0.3) is 5.56 Å². The SMILES string of the molecule is CC1CN(c2ccc(N=Cc3c(O)[nH]c(=O)c4ccc(-c5ccoc5)cc34)cc2)CC(C)N1. The molecule has 0 aliphatic carbocycles. The standard InChI is InChI=1S/C26H26N4O3/c1-16-13-30(14-17(2)28-16)21-6-4-20(5-7-21)27-12-24-23-11-18(19-9-10-33-15-19)3-8-22(23)25(31)29-26(24)32/h3-12,15-17,28H,13-14H2,1-2H3,(H2,29,31,32). The number of aromatic nitrogens is 1. The average Bonchev–Trinajstić information content (AvgIpc) is 3.33. The normalized spacial score (nSPS) is 18.9. The van der Waals surface area contributed by atoms with Crippen LogP contribution in [-0.2, 0) is 0 Å². The minimum Gasteiger partial charge on any atom is -0.494 e. The van der Waals surface area contributed by atoms with Crippen LogP contribution in [0.3, 0.4) is 0 Å². The molecule has 168 valence electrons. The minimum absolute atomic E-state index is 0.207. The third-order valence-electron chi connectivity index (χ3n) is 6.01. The van der Waals surface area contributed by atoms with Crippen molar-refractivity contribution in [3.63, 3.8) is 0 Å². The maximum Gasteiger partial charge on any atom is 0.258 e. The maximum atomic E-state index is 12.4. The molecule has 0 spiro atoms. The molecule has 3 N–H and O–H groups in total. The molecule has 7 nitrogen and oxygen atoms in total. The summed E-state index contributed by atoms with van der Waals surface area (Å²) in [6.45, 7) is 6.31. The summed E-state index contributed by atoms with van der Waals surface area (Å²) in [4.78, 5) is 21.8. The Morgan fingerprint density at radius 1 is 1.03 bits per heavy atom. The Bertz CT molecular complexity index is 1350. The van der Waals surface area contributed by atoms with Crippen LogP contribution in [0.4, 0.5) is 11.4 Å². The highest BCUT2D eigenvalue weighted by atomic mass is 16.3. The second kappa shape index (κ2) is 8.60. The smallest absolute Gasteiger partial charge is 0.258 e. The van der Waals surface area contributed by atoms with Crippen molar-refractivity contribution in [2.24, 2.45) is 4.99 Å². The quantitative estimate of drug-likeness (QED) is 0.407. The van der Waals surface area contributed by atoms with E-state index in [4.69, 9.17) is 4.42 Å². The van der Waals surface area contributed by atoms with Crippen LogP contribution in [0.5, 0.6) is 5.88 Å². The number of pyridine rings is 1. The predicted molar refractivity (Wildman–Crippen MR) is 132 cm³/mol. The van der Waals surface area contributed by atoms with Crippen LogP contribution in [-0.4, -0.2) is 41.5 Å². The molecule has 2 unspecified atom stereocenters. The molecule has 0 bridgehead atoms. The summed E-state index contributed by atoms with van der Waals surface area (Å²) >= 11 is 0. The van der Waals surface area contributed by atoms with Crippen molar-refractivity contribution < 1.29 is 9.52 Å². The van der Waals surface area contributed by atoms with Gasteiger partial charge in [0.15, 0.2) is 0 Å². The zero-order valence-electron chi connectivity index (χ0n) is 18.6. The highest BCUT2D eigenvalue weighted by Gasteiger charge is 2.21. The first kappa shape index (κ1) is 21.0. The number of hydrogen-bond acceptors (Lipinski definition) is 6. The molecule has 1 aliphatic rings. The van der Waals surface area contributed by atoms with E-state index < -0.39 is 0 Å². The number of nitrogens with one attached hydrogen (secondary N) is 2. The molecule has 2 aromatic carbocycles. The van der Waals surface area contributed by atoms with E-state index in [0.29, 0.717) is 28.4 Å². The van der Waals surface area contributed by atoms with Crippen LogP contribution in [0.25, 0.3) is 21.9 Å². The lowest BCUT2D eigenvalue weighted by atomic mass is 10.0. The first-order chi connectivity index (χ1) is 16.0. The topological polar surface area (TPSA) is 93.9 Å². The van der Waals surface area contributed by atoms with Crippen molar-refractivity contribution in [1.29, 1.82) is 0 Å². The fourth-order valence-corrected chi connectivity index (χ4v) is 4.50. The molecule has 33 heavy (non-hydrogen) atoms. The van der Waals surface area contributed by atoms with E-state index in [2.05, 4.69) is 46.2 Å². The second-order valence-corrected chi connectivity index (χ2v) is 8.64. The molecular formula is C26H26N4O3. The zero-order chi connectivity index (χ0) is 22.9. The molecule has 0 amide bonds. The molecule has 1 aliphatic heterocycles. The predicted octanol–water partition coefficient (Wildman–Crippen LogP) is 4.43. The fourth-order valence-electron chi connectivity index (χ4n) is 4.50. The lowest BCUT2D eigenvalue weighted by molar-refractivity contribution is 0.407. The Labute approximate surface area is 191 Å². The highest BCUT2D eigenvalue weighted by molar-refractivity contribution is 6.03. The first-order valence-corrected chi connectivity index (χ1v) is 11.0. The molecule has 1 saturated heterocycles. The van der Waals surface area contributed by atoms with Crippen molar-refractivity contribution in [2.45, 2.75) is 25.9 Å². The molecule has 3 heterocycles. The van der Waals surface area contributed by atoms with Crippen LogP contribution in [0, 0.1) is 0 Å². The van der Waals surface area contributed by atoms with Gasteiger partial charge in [0.1, 0.15) is 0 Å². The summed E-state index contributed by atoms with van der Waals surface area (Å²) in [5.74, 6) is -0.207. The molecule has 7 heteroatoms. The number of anilines is 1. The molecule has 2 atom stereocenters. The van der Waals surface area contributed by atoms with Crippen LogP contribution in [0.1, 0.15) is 19.4 Å². The van der Waals surface area contributed by atoms with E-state index in [0.717, 1.165) is 35.6 Å². The molecule has 4 aromatic rings. The summed E-state index contributed by atoms with van der Waals surface area (Å²) < 4.78 is 5.18. The Balaban J connectivity index is 1.46. The van der Waals surface area contributed by atoms with Gasteiger partial charge in [0.2, 0.25) is 5.88 Å². The molecule has 1 fully saturated rings. The number of furan rings is 1. The number of aliphatic imine (C=N–C) groups is 1. The summed E-state index contributed by atoms with van der Waals surface area (Å²) in [7, 11) is 0. The first-order valence-electron chi connectivity index (χ1n) is 11.0. The van der Waals surface area contributed by atoms with Crippen molar-refractivity contribution in [3.8, 4) is 17.0 Å². The van der Waals surface area contributed by atoms with Crippen LogP contribution < -0.4 is 15.8 Å². The van der Waals surface area contributed by atoms with Gasteiger partial charge in [-0.05, 0) is 61.9 Å². The number of rotatable bonds is 4. The Morgan fingerprint density at radius 3 is 2.48 bits per heavy atom. The number of aromatic hydroxyl groups is 1. The van der Waals surface area contributed by atoms with E-state index >= 15 is 0 Å². The largest absolute Gasteiger partial charge is 0.494 e. The van der Waals surface area contributed by atoms with E-state index in [1.165, 1.54) is 0 Å². The zero-order valence-corrected chi connectivity index (χ0v) is 18.6. The van der Waals surface area contributed by atoms with Gasteiger partial charge in [-0.15, -0.1) is 0 Å². The van der Waals surface area contributed by atoms with E-state index in [9.17, 15) is 9.90 Å². The van der Waals surface area contributed by atoms with Gasteiger partial charge in [-0.3, -0.25) is 14.8 Å². The number of aromatic amines is 1. The Hall–Kier alpha value is -3.84. The third kappa shape index (κ3) is 4.27. The van der Waals surface area contributed by atoms with Gasteiger partial charge in [0, 0.05) is 53.4 Å². The van der Waals surface area contributed by atoms with E-state index in [1.54, 1.807) is 24.8 Å². The van der Waals surface area contributed by atoms with Gasteiger partial charge < -0.3 is 19.7 Å². The lowest BCUT2D eigenvalue weighted by Gasteiger charge is -2.37.